The van der Waals surface area contributed by atoms with Crippen LogP contribution in [0.15, 0.2) is 83.9 Å². The maximum absolute atomic E-state index is 13.3. The van der Waals surface area contributed by atoms with Gasteiger partial charge < -0.3 is 20.9 Å². The normalized spacial score (nSPS) is 15.9. The number of urea groups is 1. The number of nitrogens with zero attached hydrogens (tertiary/aromatic N) is 4. The van der Waals surface area contributed by atoms with Crippen LogP contribution < -0.4 is 16.4 Å². The van der Waals surface area contributed by atoms with Gasteiger partial charge >= 0.3 is 6.03 Å². The number of halogens is 1. The van der Waals surface area contributed by atoms with E-state index in [9.17, 15) is 10.1 Å². The van der Waals surface area contributed by atoms with Crippen molar-refractivity contribution in [3.8, 4) is 6.19 Å². The highest BCUT2D eigenvalue weighted by molar-refractivity contribution is 6.30. The van der Waals surface area contributed by atoms with Crippen LogP contribution in [0.2, 0.25) is 5.02 Å². The van der Waals surface area contributed by atoms with Crippen molar-refractivity contribution in [3.63, 3.8) is 0 Å². The van der Waals surface area contributed by atoms with Gasteiger partial charge in [-0.05, 0) is 41.5 Å². The minimum Gasteiger partial charge on any atom is -0.338 e. The Labute approximate surface area is 209 Å². The third kappa shape index (κ3) is 5.90. The molecular formula is C26H26ClN7O. The van der Waals surface area contributed by atoms with Crippen molar-refractivity contribution in [2.75, 3.05) is 25.0 Å². The molecule has 1 saturated heterocycles. The predicted octanol–water partition coefficient (Wildman–Crippen LogP) is 4.45. The highest BCUT2D eigenvalue weighted by Crippen LogP contribution is 2.27. The molecule has 0 bridgehead atoms. The number of nitrogens with one attached hydrogen (secondary N) is 2. The zero-order valence-corrected chi connectivity index (χ0v) is 19.8. The molecule has 2 amide bonds. The Kier molecular flexibility index (Phi) is 7.83. The monoisotopic (exact) mass is 487 g/mol. The van der Waals surface area contributed by atoms with Crippen molar-refractivity contribution in [1.29, 1.82) is 5.26 Å². The molecule has 0 radical (unpaired) electrons. The highest BCUT2D eigenvalue weighted by atomic mass is 35.5. The number of guanidine groups is 1. The number of nitrogens with two attached hydrogens (primary N) is 1. The van der Waals surface area contributed by atoms with Gasteiger partial charge in [-0.15, -0.1) is 0 Å². The molecule has 1 atom stereocenters. The number of hydrogen-bond donors (Lipinski definition) is 3. The first-order chi connectivity index (χ1) is 17.1. The minimum absolute atomic E-state index is 0.207. The van der Waals surface area contributed by atoms with Crippen LogP contribution in [0.5, 0.6) is 0 Å². The van der Waals surface area contributed by atoms with E-state index in [-0.39, 0.29) is 12.1 Å². The van der Waals surface area contributed by atoms with Crippen LogP contribution in [-0.2, 0) is 6.54 Å². The highest BCUT2D eigenvalue weighted by Gasteiger charge is 2.33. The number of piperazine rings is 1. The molecule has 4 N–H and O–H groups in total. The van der Waals surface area contributed by atoms with Crippen molar-refractivity contribution < 1.29 is 4.79 Å². The van der Waals surface area contributed by atoms with Gasteiger partial charge in [-0.3, -0.25) is 5.32 Å². The maximum atomic E-state index is 13.3. The summed E-state index contributed by atoms with van der Waals surface area (Å²) in [6, 6.07) is 23.9. The molecule has 1 unspecified atom stereocenters. The van der Waals surface area contributed by atoms with E-state index in [1.54, 1.807) is 29.2 Å². The maximum Gasteiger partial charge on any atom is 0.322 e. The van der Waals surface area contributed by atoms with Crippen LogP contribution in [0.4, 0.5) is 16.2 Å². The van der Waals surface area contributed by atoms with E-state index in [1.165, 1.54) is 0 Å². The summed E-state index contributed by atoms with van der Waals surface area (Å²) in [7, 11) is 0. The standard InChI is InChI=1S/C26H26ClN7O/c27-21-10-12-22(13-11-21)31-26(35)34-15-14-33(17-24(34)19-6-2-1-3-7-19)25(30-18-29)32-23-9-5-4-8-20(23)16-28/h1-13,24H,14-17,28H2,(H,30,32)(H,31,35). The van der Waals surface area contributed by atoms with E-state index >= 15 is 0 Å². The van der Waals surface area contributed by atoms with E-state index in [4.69, 9.17) is 22.3 Å². The Morgan fingerprint density at radius 1 is 1.06 bits per heavy atom. The lowest BCUT2D eigenvalue weighted by atomic mass is 10.0. The van der Waals surface area contributed by atoms with Gasteiger partial charge in [0.25, 0.3) is 0 Å². The first-order valence-electron chi connectivity index (χ1n) is 11.2. The van der Waals surface area contributed by atoms with Crippen molar-refractivity contribution in [3.05, 3.63) is 95.0 Å². The summed E-state index contributed by atoms with van der Waals surface area (Å²) in [5.41, 5.74) is 9.11. The van der Waals surface area contributed by atoms with Crippen molar-refractivity contribution in [2.45, 2.75) is 12.6 Å². The number of carbonyl (C=O) groups is 1. The largest absolute Gasteiger partial charge is 0.338 e. The fraction of sp³-hybridized carbons (Fsp3) is 0.192. The number of nitriles is 1. The van der Waals surface area contributed by atoms with E-state index < -0.39 is 0 Å². The zero-order chi connectivity index (χ0) is 24.6. The summed E-state index contributed by atoms with van der Waals surface area (Å²) in [6.45, 7) is 1.72. The molecule has 1 fully saturated rings. The zero-order valence-electron chi connectivity index (χ0n) is 19.1. The molecule has 1 aliphatic rings. The number of benzene rings is 3. The first-order valence-corrected chi connectivity index (χ1v) is 11.6. The Morgan fingerprint density at radius 2 is 1.77 bits per heavy atom. The first kappa shape index (κ1) is 24.1. The van der Waals surface area contributed by atoms with E-state index in [0.29, 0.717) is 48.5 Å². The Hall–Kier alpha value is -4.06. The van der Waals surface area contributed by atoms with Gasteiger partial charge in [0, 0.05) is 36.9 Å². The number of rotatable bonds is 4. The van der Waals surface area contributed by atoms with E-state index in [1.807, 2.05) is 65.7 Å². The fourth-order valence-electron chi connectivity index (χ4n) is 4.04. The van der Waals surface area contributed by atoms with Gasteiger partial charge in [0.1, 0.15) is 0 Å². The molecule has 0 saturated carbocycles. The SMILES string of the molecule is N#CNC(=Nc1ccccc1CN)N1CCN(C(=O)Nc2ccc(Cl)cc2)C(c2ccccc2)C1. The van der Waals surface area contributed by atoms with Gasteiger partial charge in [0.15, 0.2) is 6.19 Å². The van der Waals surface area contributed by atoms with Crippen LogP contribution in [0, 0.1) is 11.5 Å². The third-order valence-corrected chi connectivity index (χ3v) is 6.08. The van der Waals surface area contributed by atoms with Crippen LogP contribution in [0.1, 0.15) is 17.2 Å². The predicted molar refractivity (Wildman–Crippen MR) is 138 cm³/mol. The lowest BCUT2D eigenvalue weighted by Gasteiger charge is -2.42. The van der Waals surface area contributed by atoms with Crippen molar-refractivity contribution in [1.82, 2.24) is 15.1 Å². The summed E-state index contributed by atoms with van der Waals surface area (Å²) in [6.07, 6.45) is 1.99. The number of amides is 2. The Morgan fingerprint density at radius 3 is 2.49 bits per heavy atom. The summed E-state index contributed by atoms with van der Waals surface area (Å²) >= 11 is 5.97. The molecule has 3 aromatic rings. The molecule has 0 spiro atoms. The number of para-hydroxylation sites is 1. The summed E-state index contributed by atoms with van der Waals surface area (Å²) in [5, 5.41) is 15.7. The number of aliphatic imine (C=N–C) groups is 1. The third-order valence-electron chi connectivity index (χ3n) is 5.83. The second-order valence-electron chi connectivity index (χ2n) is 8.01. The summed E-state index contributed by atoms with van der Waals surface area (Å²) in [5.74, 6) is 0.423. The lowest BCUT2D eigenvalue weighted by Crippen LogP contribution is -2.55. The van der Waals surface area contributed by atoms with Crippen LogP contribution in [0.25, 0.3) is 0 Å². The number of hydrogen-bond acceptors (Lipinski definition) is 4. The van der Waals surface area contributed by atoms with Crippen LogP contribution in [-0.4, -0.2) is 41.4 Å². The molecule has 4 rings (SSSR count). The molecule has 3 aromatic carbocycles. The molecule has 9 heteroatoms. The number of anilines is 1. The van der Waals surface area contributed by atoms with Gasteiger partial charge in [0.2, 0.25) is 5.96 Å². The second-order valence-corrected chi connectivity index (χ2v) is 8.44. The minimum atomic E-state index is -0.257. The molecule has 35 heavy (non-hydrogen) atoms. The van der Waals surface area contributed by atoms with Crippen LogP contribution >= 0.6 is 11.6 Å². The molecular weight excluding hydrogens is 462 g/mol. The molecule has 0 aromatic heterocycles. The van der Waals surface area contributed by atoms with E-state index in [0.717, 1.165) is 11.1 Å². The molecule has 0 aliphatic carbocycles. The van der Waals surface area contributed by atoms with Crippen molar-refractivity contribution >= 4 is 35.0 Å². The topological polar surface area (TPSA) is 110 Å². The van der Waals surface area contributed by atoms with Gasteiger partial charge in [0.05, 0.1) is 11.7 Å². The van der Waals surface area contributed by atoms with E-state index in [2.05, 4.69) is 10.6 Å². The average molecular weight is 488 g/mol. The Balaban J connectivity index is 1.61. The molecule has 1 heterocycles. The quantitative estimate of drug-likeness (QED) is 0.218. The smallest absolute Gasteiger partial charge is 0.322 e. The molecule has 1 aliphatic heterocycles. The van der Waals surface area contributed by atoms with Crippen molar-refractivity contribution in [2.24, 2.45) is 10.7 Å². The molecule has 178 valence electrons. The lowest BCUT2D eigenvalue weighted by molar-refractivity contribution is 0.135. The summed E-state index contributed by atoms with van der Waals surface area (Å²) in [4.78, 5) is 21.8. The average Bonchev–Trinajstić information content (AvgIpc) is 2.90. The Bertz CT molecular complexity index is 1220. The van der Waals surface area contributed by atoms with Gasteiger partial charge in [-0.2, -0.15) is 5.26 Å². The summed E-state index contributed by atoms with van der Waals surface area (Å²) < 4.78 is 0. The number of carbonyl (C=O) groups excluding carboxylic acids is 1. The molecule has 8 nitrogen and oxygen atoms in total. The second kappa shape index (κ2) is 11.4. The fourth-order valence-corrected chi connectivity index (χ4v) is 4.17. The van der Waals surface area contributed by atoms with Gasteiger partial charge in [-0.25, -0.2) is 9.79 Å². The van der Waals surface area contributed by atoms with Gasteiger partial charge in [-0.1, -0.05) is 60.1 Å². The van der Waals surface area contributed by atoms with Crippen LogP contribution in [0.3, 0.4) is 0 Å².